The third-order valence-corrected chi connectivity index (χ3v) is 3.86. The standard InChI is InChI=1S/C16H22N4O6/c1-5-26-14(23)11-9(4)17-15(24)18-10(11)7-20-13(22)12(21)19(16(20)25)6-8(2)3/h8-9H,5-7H2,1-4H3,(H2,17,18,24)/t9-/m1/s1. The number of ether oxygens (including phenoxy) is 1. The van der Waals surface area contributed by atoms with Gasteiger partial charge in [0.2, 0.25) is 0 Å². The summed E-state index contributed by atoms with van der Waals surface area (Å²) in [7, 11) is 0. The number of carbonyl (C=O) groups is 5. The molecular formula is C16H22N4O6. The van der Waals surface area contributed by atoms with Crippen molar-refractivity contribution < 1.29 is 28.7 Å². The number of rotatable bonds is 6. The number of carbonyl (C=O) groups excluding carboxylic acids is 5. The summed E-state index contributed by atoms with van der Waals surface area (Å²) in [5, 5.41) is 4.94. The summed E-state index contributed by atoms with van der Waals surface area (Å²) in [6.07, 6.45) is 0. The Balaban J connectivity index is 2.33. The van der Waals surface area contributed by atoms with Gasteiger partial charge in [0.15, 0.2) is 0 Å². The summed E-state index contributed by atoms with van der Waals surface area (Å²) in [4.78, 5) is 62.2. The molecule has 2 N–H and O–H groups in total. The third kappa shape index (κ3) is 3.68. The van der Waals surface area contributed by atoms with Crippen molar-refractivity contribution in [3.63, 3.8) is 0 Å². The Labute approximate surface area is 150 Å². The fourth-order valence-electron chi connectivity index (χ4n) is 2.78. The van der Waals surface area contributed by atoms with E-state index in [9.17, 15) is 24.0 Å². The van der Waals surface area contributed by atoms with Crippen LogP contribution in [0.5, 0.6) is 0 Å². The summed E-state index contributed by atoms with van der Waals surface area (Å²) < 4.78 is 4.98. The van der Waals surface area contributed by atoms with E-state index in [-0.39, 0.29) is 30.3 Å². The largest absolute Gasteiger partial charge is 0.463 e. The average molecular weight is 366 g/mol. The molecule has 10 heteroatoms. The van der Waals surface area contributed by atoms with Crippen LogP contribution in [0.25, 0.3) is 0 Å². The van der Waals surface area contributed by atoms with Crippen molar-refractivity contribution in [2.24, 2.45) is 5.92 Å². The number of amides is 6. The van der Waals surface area contributed by atoms with Gasteiger partial charge in [-0.05, 0) is 19.8 Å². The highest BCUT2D eigenvalue weighted by atomic mass is 16.5. The smallest absolute Gasteiger partial charge is 0.337 e. The summed E-state index contributed by atoms with van der Waals surface area (Å²) >= 11 is 0. The van der Waals surface area contributed by atoms with E-state index in [4.69, 9.17) is 4.74 Å². The summed E-state index contributed by atoms with van der Waals surface area (Å²) in [6.45, 7) is 6.66. The number of urea groups is 2. The molecule has 0 unspecified atom stereocenters. The summed E-state index contributed by atoms with van der Waals surface area (Å²) in [5.41, 5.74) is 0.155. The Hall–Kier alpha value is -2.91. The van der Waals surface area contributed by atoms with Gasteiger partial charge >= 0.3 is 29.8 Å². The molecule has 0 aromatic carbocycles. The van der Waals surface area contributed by atoms with Gasteiger partial charge in [0.25, 0.3) is 0 Å². The highest BCUT2D eigenvalue weighted by molar-refractivity contribution is 6.44. The zero-order chi connectivity index (χ0) is 19.6. The molecule has 2 rings (SSSR count). The van der Waals surface area contributed by atoms with Crippen molar-refractivity contribution >= 4 is 29.8 Å². The predicted octanol–water partition coefficient (Wildman–Crippen LogP) is -0.0483. The maximum absolute atomic E-state index is 12.4. The lowest BCUT2D eigenvalue weighted by Gasteiger charge is -2.28. The van der Waals surface area contributed by atoms with Gasteiger partial charge in [-0.3, -0.25) is 14.5 Å². The lowest BCUT2D eigenvalue weighted by atomic mass is 10.0. The predicted molar refractivity (Wildman–Crippen MR) is 88.4 cm³/mol. The lowest BCUT2D eigenvalue weighted by Crippen LogP contribution is -2.51. The molecule has 142 valence electrons. The van der Waals surface area contributed by atoms with Crippen LogP contribution in [0.1, 0.15) is 27.7 Å². The number of nitrogens with zero attached hydrogens (tertiary/aromatic N) is 2. The topological polar surface area (TPSA) is 125 Å². The molecule has 2 aliphatic rings. The second-order valence-electron chi connectivity index (χ2n) is 6.42. The fourth-order valence-corrected chi connectivity index (χ4v) is 2.78. The maximum Gasteiger partial charge on any atom is 0.337 e. The van der Waals surface area contributed by atoms with Crippen LogP contribution in [0.15, 0.2) is 11.3 Å². The first kappa shape index (κ1) is 19.4. The molecule has 1 saturated heterocycles. The molecule has 0 bridgehead atoms. The first-order chi connectivity index (χ1) is 12.2. The van der Waals surface area contributed by atoms with Gasteiger partial charge in [-0.25, -0.2) is 19.3 Å². The fraction of sp³-hybridized carbons (Fsp3) is 0.562. The monoisotopic (exact) mass is 366 g/mol. The molecule has 26 heavy (non-hydrogen) atoms. The Morgan fingerprint density at radius 1 is 1.15 bits per heavy atom. The lowest BCUT2D eigenvalue weighted by molar-refractivity contribution is -0.143. The Kier molecular flexibility index (Phi) is 5.63. The van der Waals surface area contributed by atoms with E-state index < -0.39 is 42.4 Å². The maximum atomic E-state index is 12.4. The normalized spacial score (nSPS) is 20.7. The van der Waals surface area contributed by atoms with E-state index in [0.717, 1.165) is 9.80 Å². The first-order valence-corrected chi connectivity index (χ1v) is 8.32. The number of hydrogen-bond acceptors (Lipinski definition) is 6. The minimum Gasteiger partial charge on any atom is -0.463 e. The van der Waals surface area contributed by atoms with E-state index in [2.05, 4.69) is 10.6 Å². The van der Waals surface area contributed by atoms with Gasteiger partial charge in [0.1, 0.15) is 0 Å². The summed E-state index contributed by atoms with van der Waals surface area (Å²) in [6, 6.07) is -2.03. The van der Waals surface area contributed by atoms with Crippen molar-refractivity contribution in [2.75, 3.05) is 19.7 Å². The molecule has 6 amide bonds. The Morgan fingerprint density at radius 2 is 1.77 bits per heavy atom. The number of nitrogens with one attached hydrogen (secondary N) is 2. The summed E-state index contributed by atoms with van der Waals surface area (Å²) in [5.74, 6) is -2.60. The molecule has 0 aromatic rings. The average Bonchev–Trinajstić information content (AvgIpc) is 2.72. The Morgan fingerprint density at radius 3 is 2.35 bits per heavy atom. The van der Waals surface area contributed by atoms with Crippen molar-refractivity contribution in [3.8, 4) is 0 Å². The third-order valence-electron chi connectivity index (χ3n) is 3.86. The first-order valence-electron chi connectivity index (χ1n) is 8.32. The molecule has 2 aliphatic heterocycles. The minimum atomic E-state index is -0.994. The van der Waals surface area contributed by atoms with Crippen molar-refractivity contribution in [3.05, 3.63) is 11.3 Å². The van der Waals surface area contributed by atoms with Gasteiger partial charge < -0.3 is 15.4 Å². The second-order valence-corrected chi connectivity index (χ2v) is 6.42. The molecule has 10 nitrogen and oxygen atoms in total. The van der Waals surface area contributed by atoms with Crippen LogP contribution in [0.3, 0.4) is 0 Å². The zero-order valence-electron chi connectivity index (χ0n) is 15.1. The molecule has 0 aromatic heterocycles. The van der Waals surface area contributed by atoms with Crippen LogP contribution in [0.4, 0.5) is 9.59 Å². The van der Waals surface area contributed by atoms with Gasteiger partial charge in [-0.1, -0.05) is 13.8 Å². The van der Waals surface area contributed by atoms with Crippen LogP contribution in [-0.4, -0.2) is 65.4 Å². The van der Waals surface area contributed by atoms with E-state index >= 15 is 0 Å². The number of imide groups is 2. The highest BCUT2D eigenvalue weighted by Gasteiger charge is 2.45. The number of hydrogen-bond donors (Lipinski definition) is 2. The highest BCUT2D eigenvalue weighted by Crippen LogP contribution is 2.20. The van der Waals surface area contributed by atoms with Crippen molar-refractivity contribution in [1.29, 1.82) is 0 Å². The SMILES string of the molecule is CCOC(=O)C1=C(CN2C(=O)C(=O)N(CC(C)C)C2=O)NC(=O)N[C@@H]1C. The van der Waals surface area contributed by atoms with Crippen LogP contribution in [-0.2, 0) is 19.1 Å². The van der Waals surface area contributed by atoms with Crippen LogP contribution >= 0.6 is 0 Å². The molecule has 1 atom stereocenters. The van der Waals surface area contributed by atoms with E-state index in [1.807, 2.05) is 13.8 Å². The zero-order valence-corrected chi connectivity index (χ0v) is 15.1. The van der Waals surface area contributed by atoms with Gasteiger partial charge in [0, 0.05) is 6.54 Å². The van der Waals surface area contributed by atoms with Gasteiger partial charge in [0.05, 0.1) is 30.5 Å². The van der Waals surface area contributed by atoms with Crippen LogP contribution in [0, 0.1) is 5.92 Å². The second kappa shape index (κ2) is 7.54. The van der Waals surface area contributed by atoms with Crippen molar-refractivity contribution in [1.82, 2.24) is 20.4 Å². The van der Waals surface area contributed by atoms with Gasteiger partial charge in [-0.2, -0.15) is 0 Å². The van der Waals surface area contributed by atoms with E-state index in [1.165, 1.54) is 0 Å². The Bertz CT molecular complexity index is 699. The molecule has 0 saturated carbocycles. The molecule has 1 fully saturated rings. The molecule has 0 radical (unpaired) electrons. The van der Waals surface area contributed by atoms with Crippen LogP contribution in [0.2, 0.25) is 0 Å². The number of esters is 1. The molecule has 2 heterocycles. The molecular weight excluding hydrogens is 344 g/mol. The van der Waals surface area contributed by atoms with Gasteiger partial charge in [-0.15, -0.1) is 0 Å². The molecule has 0 aliphatic carbocycles. The van der Waals surface area contributed by atoms with E-state index in [0.29, 0.717) is 0 Å². The van der Waals surface area contributed by atoms with Crippen molar-refractivity contribution in [2.45, 2.75) is 33.7 Å². The van der Waals surface area contributed by atoms with E-state index in [1.54, 1.807) is 13.8 Å². The van der Waals surface area contributed by atoms with Crippen LogP contribution < -0.4 is 10.6 Å². The molecule has 0 spiro atoms. The minimum absolute atomic E-state index is 0.0106. The quantitative estimate of drug-likeness (QED) is 0.386.